The molecule has 0 aliphatic rings. The van der Waals surface area contributed by atoms with Crippen LogP contribution in [0.4, 0.5) is 43.9 Å². The van der Waals surface area contributed by atoms with Crippen molar-refractivity contribution in [3.05, 3.63) is 0 Å². The summed E-state index contributed by atoms with van der Waals surface area (Å²) in [7, 11) is 0. The van der Waals surface area contributed by atoms with Gasteiger partial charge >= 0.3 is 23.9 Å². The molecule has 0 aromatic carbocycles. The first kappa shape index (κ1) is 17.3. The van der Waals surface area contributed by atoms with Gasteiger partial charge in [-0.2, -0.15) is 30.7 Å². The van der Waals surface area contributed by atoms with Gasteiger partial charge in [0.05, 0.1) is 0 Å². The van der Waals surface area contributed by atoms with Crippen LogP contribution in [0.3, 0.4) is 0 Å². The van der Waals surface area contributed by atoms with Gasteiger partial charge in [0.15, 0.2) is 0 Å². The average molecular weight is 296 g/mol. The van der Waals surface area contributed by atoms with Crippen LogP contribution in [0.5, 0.6) is 0 Å². The Labute approximate surface area is 93.4 Å². The fraction of sp³-hybridized carbons (Fsp3) is 1.00. The molecule has 0 saturated heterocycles. The van der Waals surface area contributed by atoms with Crippen LogP contribution in [-0.4, -0.2) is 41.3 Å². The first-order valence-corrected chi connectivity index (χ1v) is 4.12. The number of hydrogen-bond donors (Lipinski definition) is 1. The lowest BCUT2D eigenvalue weighted by Gasteiger charge is -2.34. The maximum absolute atomic E-state index is 12.6. The summed E-state index contributed by atoms with van der Waals surface area (Å²) in [4.78, 5) is 0. The molecular formula is C7H6F10O. The van der Waals surface area contributed by atoms with E-state index in [-0.39, 0.29) is 6.92 Å². The highest BCUT2D eigenvalue weighted by molar-refractivity contribution is 5.02. The van der Waals surface area contributed by atoms with Gasteiger partial charge in [-0.25, -0.2) is 13.2 Å². The third-order valence-electron chi connectivity index (χ3n) is 1.99. The topological polar surface area (TPSA) is 20.2 Å². The van der Waals surface area contributed by atoms with Crippen LogP contribution in [0.15, 0.2) is 0 Å². The lowest BCUT2D eigenvalue weighted by atomic mass is 9.98. The Morgan fingerprint density at radius 2 is 1.17 bits per heavy atom. The Bertz CT molecular complexity index is 293. The average Bonchev–Trinajstić information content (AvgIpc) is 2.13. The van der Waals surface area contributed by atoms with Gasteiger partial charge in [0.25, 0.3) is 0 Å². The van der Waals surface area contributed by atoms with E-state index in [4.69, 9.17) is 5.11 Å². The van der Waals surface area contributed by atoms with Crippen molar-refractivity contribution in [3.8, 4) is 0 Å². The summed E-state index contributed by atoms with van der Waals surface area (Å²) in [6.45, 7) is 0.0639. The molecule has 0 unspecified atom stereocenters. The van der Waals surface area contributed by atoms with E-state index in [1.807, 2.05) is 0 Å². The van der Waals surface area contributed by atoms with E-state index >= 15 is 0 Å². The Morgan fingerprint density at radius 3 is 1.39 bits per heavy atom. The maximum Gasteiger partial charge on any atom is 0.459 e. The third kappa shape index (κ3) is 2.50. The molecule has 0 spiro atoms. The first-order valence-electron chi connectivity index (χ1n) is 4.12. The van der Waals surface area contributed by atoms with Crippen molar-refractivity contribution in [1.29, 1.82) is 0 Å². The van der Waals surface area contributed by atoms with Crippen molar-refractivity contribution in [2.45, 2.75) is 43.1 Å². The highest BCUT2D eigenvalue weighted by atomic mass is 19.4. The number of rotatable bonds is 4. The van der Waals surface area contributed by atoms with Crippen molar-refractivity contribution in [3.63, 3.8) is 0 Å². The van der Waals surface area contributed by atoms with Crippen molar-refractivity contribution in [2.75, 3.05) is 0 Å². The quantitative estimate of drug-likeness (QED) is 0.790. The van der Waals surface area contributed by atoms with Crippen molar-refractivity contribution in [1.82, 2.24) is 0 Å². The predicted molar refractivity (Wildman–Crippen MR) is 37.5 cm³/mol. The van der Waals surface area contributed by atoms with E-state index in [0.717, 1.165) is 0 Å². The van der Waals surface area contributed by atoms with E-state index in [1.165, 1.54) is 0 Å². The summed E-state index contributed by atoms with van der Waals surface area (Å²) in [6, 6.07) is 0. The zero-order valence-electron chi connectivity index (χ0n) is 8.38. The highest BCUT2D eigenvalue weighted by Gasteiger charge is 2.79. The summed E-state index contributed by atoms with van der Waals surface area (Å²) in [5.74, 6) is -19.2. The fourth-order valence-corrected chi connectivity index (χ4v) is 0.802. The summed E-state index contributed by atoms with van der Waals surface area (Å²) in [5, 5.41) is 8.23. The lowest BCUT2D eigenvalue weighted by Crippen LogP contribution is -2.62. The van der Waals surface area contributed by atoms with E-state index in [2.05, 4.69) is 0 Å². The predicted octanol–water partition coefficient (Wildman–Crippen LogP) is 3.17. The number of alkyl halides is 10. The molecule has 0 amide bonds. The second-order valence-corrected chi connectivity index (χ2v) is 3.41. The summed E-state index contributed by atoms with van der Waals surface area (Å²) in [6.07, 6.45) is -15.3. The number of aliphatic hydroxyl groups excluding tert-OH is 1. The van der Waals surface area contributed by atoms with Crippen LogP contribution < -0.4 is 0 Å². The molecule has 0 aliphatic heterocycles. The Hall–Kier alpha value is -0.740. The molecule has 110 valence electrons. The second kappa shape index (κ2) is 4.42. The molecule has 0 fully saturated rings. The van der Waals surface area contributed by atoms with Crippen molar-refractivity contribution >= 4 is 0 Å². The minimum absolute atomic E-state index is 0.0639. The number of hydrogen-bond acceptors (Lipinski definition) is 1. The Morgan fingerprint density at radius 1 is 0.833 bits per heavy atom. The normalized spacial score (nSPS) is 18.7. The zero-order valence-corrected chi connectivity index (χ0v) is 8.38. The molecule has 0 aliphatic carbocycles. The lowest BCUT2D eigenvalue weighted by molar-refractivity contribution is -0.380. The second-order valence-electron chi connectivity index (χ2n) is 3.41. The molecule has 1 N–H and O–H groups in total. The van der Waals surface area contributed by atoms with Crippen LogP contribution in [0.25, 0.3) is 0 Å². The molecule has 1 nitrogen and oxygen atoms in total. The standard InChI is InChI=1S/C7H6F10O/c1-2(18)4(9,10)3(8)5(11,12)6(13,14)7(15,16)17/h2-3,18H,1H3/t2-,3-/m0/s1. The molecule has 0 bridgehead atoms. The van der Waals surface area contributed by atoms with Crippen LogP contribution in [-0.2, 0) is 0 Å². The minimum Gasteiger partial charge on any atom is -0.387 e. The van der Waals surface area contributed by atoms with E-state index < -0.39 is 36.2 Å². The molecule has 0 aromatic heterocycles. The Kier molecular flexibility index (Phi) is 4.24. The molecule has 0 rings (SSSR count). The SMILES string of the molecule is C[C@H](O)C(F)(F)[C@H](F)C(F)(F)C(F)(F)C(F)(F)F. The van der Waals surface area contributed by atoms with Crippen LogP contribution in [0.1, 0.15) is 6.92 Å². The van der Waals surface area contributed by atoms with Gasteiger partial charge in [-0.05, 0) is 6.92 Å². The van der Waals surface area contributed by atoms with Gasteiger partial charge in [0.2, 0.25) is 6.17 Å². The molecule has 0 saturated carbocycles. The molecule has 2 atom stereocenters. The first-order chi connectivity index (χ1) is 7.60. The van der Waals surface area contributed by atoms with Crippen LogP contribution in [0.2, 0.25) is 0 Å². The number of halogens is 10. The van der Waals surface area contributed by atoms with Crippen LogP contribution >= 0.6 is 0 Å². The summed E-state index contributed by atoms with van der Waals surface area (Å²) < 4.78 is 122. The van der Waals surface area contributed by atoms with E-state index in [1.54, 1.807) is 0 Å². The molecule has 0 aromatic rings. The monoisotopic (exact) mass is 296 g/mol. The van der Waals surface area contributed by atoms with Gasteiger partial charge in [0, 0.05) is 0 Å². The number of aliphatic hydroxyl groups is 1. The third-order valence-corrected chi connectivity index (χ3v) is 1.99. The van der Waals surface area contributed by atoms with Gasteiger partial charge in [-0.15, -0.1) is 0 Å². The molecular weight excluding hydrogens is 290 g/mol. The smallest absolute Gasteiger partial charge is 0.387 e. The van der Waals surface area contributed by atoms with Crippen molar-refractivity contribution in [2.24, 2.45) is 0 Å². The molecule has 11 heteroatoms. The zero-order chi connectivity index (χ0) is 15.2. The Balaban J connectivity index is 5.54. The van der Waals surface area contributed by atoms with E-state index in [0.29, 0.717) is 0 Å². The van der Waals surface area contributed by atoms with Gasteiger partial charge < -0.3 is 5.11 Å². The molecule has 0 heterocycles. The molecule has 0 radical (unpaired) electrons. The fourth-order valence-electron chi connectivity index (χ4n) is 0.802. The van der Waals surface area contributed by atoms with E-state index in [9.17, 15) is 43.9 Å². The van der Waals surface area contributed by atoms with Crippen molar-refractivity contribution < 1.29 is 49.0 Å². The minimum atomic E-state index is -7.00. The van der Waals surface area contributed by atoms with Gasteiger partial charge in [-0.1, -0.05) is 0 Å². The maximum atomic E-state index is 12.6. The highest BCUT2D eigenvalue weighted by Crippen LogP contribution is 2.51. The summed E-state index contributed by atoms with van der Waals surface area (Å²) >= 11 is 0. The van der Waals surface area contributed by atoms with Gasteiger partial charge in [-0.3, -0.25) is 0 Å². The molecule has 18 heavy (non-hydrogen) atoms. The van der Waals surface area contributed by atoms with Gasteiger partial charge in [0.1, 0.15) is 6.10 Å². The largest absolute Gasteiger partial charge is 0.459 e. The summed E-state index contributed by atoms with van der Waals surface area (Å²) in [5.41, 5.74) is 0. The van der Waals surface area contributed by atoms with Crippen LogP contribution in [0, 0.1) is 0 Å².